The lowest BCUT2D eigenvalue weighted by atomic mass is 10.0. The zero-order valence-corrected chi connectivity index (χ0v) is 25.4. The van der Waals surface area contributed by atoms with Crippen LogP contribution in [-0.4, -0.2) is 29.1 Å². The minimum atomic E-state index is 0.642. The molecule has 1 heterocycles. The molecular formula is C34H68N2. The van der Waals surface area contributed by atoms with Gasteiger partial charge in [0.1, 0.15) is 6.17 Å². The van der Waals surface area contributed by atoms with Gasteiger partial charge in [0.15, 0.2) is 0 Å². The molecule has 0 saturated heterocycles. The van der Waals surface area contributed by atoms with Crippen LogP contribution in [0, 0.1) is 0 Å². The van der Waals surface area contributed by atoms with E-state index in [2.05, 4.69) is 43.0 Å². The highest BCUT2D eigenvalue weighted by molar-refractivity contribution is 4.96. The third kappa shape index (κ3) is 18.6. The Labute approximate surface area is 229 Å². The summed E-state index contributed by atoms with van der Waals surface area (Å²) in [5, 5.41) is 0. The molecule has 2 nitrogen and oxygen atoms in total. The standard InChI is InChI=1S/C34H68N2/c1-4-7-10-12-14-16-18-19-20-22-24-26-28-31-36-33-32-35(30-9-6-3)34(36)29-27-25-23-21-17-15-13-11-8-5-2/h32-34H,4-31H2,1-3H3. The lowest BCUT2D eigenvalue weighted by molar-refractivity contribution is 0.136. The molecular weight excluding hydrogens is 436 g/mol. The van der Waals surface area contributed by atoms with Gasteiger partial charge in [-0.3, -0.25) is 0 Å². The molecule has 0 aromatic carbocycles. The fraction of sp³-hybridized carbons (Fsp3) is 0.941. The first-order chi connectivity index (χ1) is 17.8. The zero-order valence-electron chi connectivity index (χ0n) is 25.4. The van der Waals surface area contributed by atoms with Crippen molar-refractivity contribution in [1.29, 1.82) is 0 Å². The first-order valence-electron chi connectivity index (χ1n) is 17.0. The summed E-state index contributed by atoms with van der Waals surface area (Å²) in [4.78, 5) is 5.33. The zero-order chi connectivity index (χ0) is 25.9. The van der Waals surface area contributed by atoms with E-state index in [9.17, 15) is 0 Å². The van der Waals surface area contributed by atoms with Gasteiger partial charge in [-0.1, -0.05) is 162 Å². The Bertz CT molecular complexity index is 460. The highest BCUT2D eigenvalue weighted by Gasteiger charge is 2.24. The molecule has 0 aliphatic carbocycles. The van der Waals surface area contributed by atoms with Gasteiger partial charge in [0.25, 0.3) is 0 Å². The summed E-state index contributed by atoms with van der Waals surface area (Å²) in [6.07, 6.45) is 42.6. The van der Waals surface area contributed by atoms with E-state index in [1.165, 1.54) is 180 Å². The summed E-state index contributed by atoms with van der Waals surface area (Å²) in [7, 11) is 0. The highest BCUT2D eigenvalue weighted by atomic mass is 15.4. The van der Waals surface area contributed by atoms with Crippen molar-refractivity contribution in [2.45, 2.75) is 194 Å². The minimum Gasteiger partial charge on any atom is -0.356 e. The van der Waals surface area contributed by atoms with E-state index in [1.807, 2.05) is 0 Å². The summed E-state index contributed by atoms with van der Waals surface area (Å²) in [6, 6.07) is 0. The Morgan fingerprint density at radius 1 is 0.361 bits per heavy atom. The van der Waals surface area contributed by atoms with Crippen LogP contribution in [-0.2, 0) is 0 Å². The second kappa shape index (κ2) is 26.0. The molecule has 1 unspecified atom stereocenters. The summed E-state index contributed by atoms with van der Waals surface area (Å²) < 4.78 is 0. The molecule has 0 radical (unpaired) electrons. The minimum absolute atomic E-state index is 0.642. The van der Waals surface area contributed by atoms with Crippen LogP contribution >= 0.6 is 0 Å². The topological polar surface area (TPSA) is 6.48 Å². The molecule has 0 aromatic heterocycles. The summed E-state index contributed by atoms with van der Waals surface area (Å²) in [5.74, 6) is 0. The highest BCUT2D eigenvalue weighted by Crippen LogP contribution is 2.23. The molecule has 0 bridgehead atoms. The van der Waals surface area contributed by atoms with Crippen LogP contribution in [0.5, 0.6) is 0 Å². The summed E-state index contributed by atoms with van der Waals surface area (Å²) in [5.41, 5.74) is 0. The van der Waals surface area contributed by atoms with Gasteiger partial charge in [0.2, 0.25) is 0 Å². The Hall–Kier alpha value is -0.660. The van der Waals surface area contributed by atoms with Gasteiger partial charge in [-0.2, -0.15) is 0 Å². The molecule has 0 N–H and O–H groups in total. The molecule has 2 heteroatoms. The van der Waals surface area contributed by atoms with Crippen molar-refractivity contribution in [2.75, 3.05) is 13.1 Å². The lowest BCUT2D eigenvalue weighted by Crippen LogP contribution is -2.39. The first-order valence-corrected chi connectivity index (χ1v) is 17.0. The molecule has 36 heavy (non-hydrogen) atoms. The van der Waals surface area contributed by atoms with E-state index in [0.717, 1.165) is 0 Å². The molecule has 0 aromatic rings. The average Bonchev–Trinajstić information content (AvgIpc) is 3.27. The van der Waals surface area contributed by atoms with E-state index >= 15 is 0 Å². The SMILES string of the molecule is CCCCCCCCCCCCCCCN1C=CN(CCCC)C1CCCCCCCCCCCC. The maximum absolute atomic E-state index is 2.68. The van der Waals surface area contributed by atoms with E-state index in [4.69, 9.17) is 0 Å². The molecule has 1 aliphatic rings. The maximum Gasteiger partial charge on any atom is 0.101 e. The van der Waals surface area contributed by atoms with Gasteiger partial charge < -0.3 is 9.80 Å². The smallest absolute Gasteiger partial charge is 0.101 e. The van der Waals surface area contributed by atoms with Crippen molar-refractivity contribution in [3.05, 3.63) is 12.4 Å². The fourth-order valence-corrected chi connectivity index (χ4v) is 5.81. The van der Waals surface area contributed by atoms with Gasteiger partial charge in [0.05, 0.1) is 0 Å². The van der Waals surface area contributed by atoms with Crippen LogP contribution in [0.4, 0.5) is 0 Å². The third-order valence-electron chi connectivity index (χ3n) is 8.32. The van der Waals surface area contributed by atoms with Crippen LogP contribution in [0.25, 0.3) is 0 Å². The van der Waals surface area contributed by atoms with Gasteiger partial charge >= 0.3 is 0 Å². The normalized spacial score (nSPS) is 15.5. The molecule has 1 atom stereocenters. The van der Waals surface area contributed by atoms with Crippen molar-refractivity contribution in [2.24, 2.45) is 0 Å². The van der Waals surface area contributed by atoms with Gasteiger partial charge in [-0.15, -0.1) is 0 Å². The number of hydrogen-bond donors (Lipinski definition) is 0. The predicted molar refractivity (Wildman–Crippen MR) is 163 cm³/mol. The van der Waals surface area contributed by atoms with Gasteiger partial charge in [0, 0.05) is 25.5 Å². The van der Waals surface area contributed by atoms with E-state index in [-0.39, 0.29) is 0 Å². The van der Waals surface area contributed by atoms with Crippen LogP contribution in [0.1, 0.15) is 188 Å². The number of unbranched alkanes of at least 4 members (excludes halogenated alkanes) is 22. The maximum atomic E-state index is 2.68. The third-order valence-corrected chi connectivity index (χ3v) is 8.32. The molecule has 0 spiro atoms. The second-order valence-electron chi connectivity index (χ2n) is 11.8. The van der Waals surface area contributed by atoms with Crippen molar-refractivity contribution < 1.29 is 0 Å². The molecule has 0 fully saturated rings. The van der Waals surface area contributed by atoms with Gasteiger partial charge in [-0.05, 0) is 25.7 Å². The Kier molecular flexibility index (Phi) is 24.1. The van der Waals surface area contributed by atoms with Crippen LogP contribution < -0.4 is 0 Å². The quantitative estimate of drug-likeness (QED) is 0.0977. The lowest BCUT2D eigenvalue weighted by Gasteiger charge is -2.33. The summed E-state index contributed by atoms with van der Waals surface area (Å²) >= 11 is 0. The largest absolute Gasteiger partial charge is 0.356 e. The van der Waals surface area contributed by atoms with Crippen molar-refractivity contribution in [3.63, 3.8) is 0 Å². The summed E-state index contributed by atoms with van der Waals surface area (Å²) in [6.45, 7) is 9.44. The molecule has 0 saturated carbocycles. The van der Waals surface area contributed by atoms with Crippen molar-refractivity contribution in [3.8, 4) is 0 Å². The second-order valence-corrected chi connectivity index (χ2v) is 11.8. The number of nitrogens with zero attached hydrogens (tertiary/aromatic N) is 2. The van der Waals surface area contributed by atoms with Crippen LogP contribution in [0.2, 0.25) is 0 Å². The Morgan fingerprint density at radius 3 is 1.06 bits per heavy atom. The Balaban J connectivity index is 2.08. The van der Waals surface area contributed by atoms with Gasteiger partial charge in [-0.25, -0.2) is 0 Å². The average molecular weight is 505 g/mol. The van der Waals surface area contributed by atoms with E-state index < -0.39 is 0 Å². The van der Waals surface area contributed by atoms with Crippen LogP contribution in [0.15, 0.2) is 12.4 Å². The predicted octanol–water partition coefficient (Wildman–Crippen LogP) is 11.6. The first kappa shape index (κ1) is 33.4. The number of hydrogen-bond acceptors (Lipinski definition) is 2. The molecule has 1 aliphatic heterocycles. The monoisotopic (exact) mass is 505 g/mol. The molecule has 0 amide bonds. The van der Waals surface area contributed by atoms with Crippen molar-refractivity contribution >= 4 is 0 Å². The van der Waals surface area contributed by atoms with Crippen LogP contribution in [0.3, 0.4) is 0 Å². The Morgan fingerprint density at radius 2 is 0.667 bits per heavy atom. The van der Waals surface area contributed by atoms with Crippen molar-refractivity contribution in [1.82, 2.24) is 9.80 Å². The molecule has 214 valence electrons. The van der Waals surface area contributed by atoms with E-state index in [1.54, 1.807) is 0 Å². The van der Waals surface area contributed by atoms with E-state index in [0.29, 0.717) is 6.17 Å². The number of rotatable bonds is 28. The fourth-order valence-electron chi connectivity index (χ4n) is 5.81. The molecule has 1 rings (SSSR count).